The number of carbonyl (C=O) groups is 1. The molecule has 0 saturated heterocycles. The number of pyridine rings is 2. The SMILES string of the molecule is Cc1ccc(-c2cc(C(=O)N[C@H](C)c3ccc(F)cn3)cn3c(C4CC4)nnc23)cc1. The topological polar surface area (TPSA) is 72.2 Å². The molecule has 1 aliphatic rings. The summed E-state index contributed by atoms with van der Waals surface area (Å²) < 4.78 is 15.1. The first-order chi connectivity index (χ1) is 15.0. The number of nitrogens with one attached hydrogen (secondary N) is 1. The highest BCUT2D eigenvalue weighted by molar-refractivity contribution is 5.97. The summed E-state index contributed by atoms with van der Waals surface area (Å²) >= 11 is 0. The average molecular weight is 415 g/mol. The quantitative estimate of drug-likeness (QED) is 0.517. The lowest BCUT2D eigenvalue weighted by atomic mass is 10.0. The largest absolute Gasteiger partial charge is 0.344 e. The molecule has 1 atom stereocenters. The molecule has 0 unspecified atom stereocenters. The zero-order valence-electron chi connectivity index (χ0n) is 17.3. The third-order valence-electron chi connectivity index (χ3n) is 5.64. The molecule has 156 valence electrons. The predicted octanol–water partition coefficient (Wildman–Crippen LogP) is 4.61. The number of carbonyl (C=O) groups excluding carboxylic acids is 1. The molecule has 0 radical (unpaired) electrons. The van der Waals surface area contributed by atoms with E-state index in [0.717, 1.165) is 47.2 Å². The first-order valence-corrected chi connectivity index (χ1v) is 10.4. The Kier molecular flexibility index (Phi) is 4.73. The fourth-order valence-corrected chi connectivity index (χ4v) is 3.70. The zero-order valence-corrected chi connectivity index (χ0v) is 17.3. The van der Waals surface area contributed by atoms with E-state index < -0.39 is 5.82 Å². The first-order valence-electron chi connectivity index (χ1n) is 10.4. The number of benzene rings is 1. The molecule has 1 N–H and O–H groups in total. The van der Waals surface area contributed by atoms with Gasteiger partial charge in [0.1, 0.15) is 11.6 Å². The number of nitrogens with zero attached hydrogens (tertiary/aromatic N) is 4. The number of rotatable bonds is 5. The maximum atomic E-state index is 13.2. The second kappa shape index (κ2) is 7.58. The van der Waals surface area contributed by atoms with Crippen LogP contribution in [0.3, 0.4) is 0 Å². The van der Waals surface area contributed by atoms with Gasteiger partial charge in [-0.05, 0) is 50.5 Å². The molecule has 1 saturated carbocycles. The van der Waals surface area contributed by atoms with Gasteiger partial charge in [-0.1, -0.05) is 29.8 Å². The molecule has 6 nitrogen and oxygen atoms in total. The van der Waals surface area contributed by atoms with Crippen molar-refractivity contribution in [1.29, 1.82) is 0 Å². The Balaban J connectivity index is 1.54. The summed E-state index contributed by atoms with van der Waals surface area (Å²) in [6, 6.07) is 12.5. The summed E-state index contributed by atoms with van der Waals surface area (Å²) in [4.78, 5) is 17.2. The van der Waals surface area contributed by atoms with Crippen LogP contribution in [0.25, 0.3) is 16.8 Å². The highest BCUT2D eigenvalue weighted by Gasteiger charge is 2.30. The van der Waals surface area contributed by atoms with Gasteiger partial charge in [0.25, 0.3) is 5.91 Å². The van der Waals surface area contributed by atoms with Gasteiger partial charge in [0, 0.05) is 17.7 Å². The molecule has 3 aromatic heterocycles. The van der Waals surface area contributed by atoms with E-state index in [1.807, 2.05) is 48.6 Å². The van der Waals surface area contributed by atoms with Gasteiger partial charge in [-0.15, -0.1) is 10.2 Å². The van der Waals surface area contributed by atoms with E-state index in [4.69, 9.17) is 0 Å². The van der Waals surface area contributed by atoms with Crippen LogP contribution in [0, 0.1) is 12.7 Å². The summed E-state index contributed by atoms with van der Waals surface area (Å²) in [5.41, 5.74) is 4.86. The Morgan fingerprint density at radius 2 is 1.94 bits per heavy atom. The minimum Gasteiger partial charge on any atom is -0.344 e. The minimum atomic E-state index is -0.407. The van der Waals surface area contributed by atoms with E-state index in [0.29, 0.717) is 17.2 Å². The molecule has 5 rings (SSSR count). The molecule has 0 spiro atoms. The number of aromatic nitrogens is 4. The molecular weight excluding hydrogens is 393 g/mol. The van der Waals surface area contributed by atoms with Crippen molar-refractivity contribution in [2.24, 2.45) is 0 Å². The number of amides is 1. The Morgan fingerprint density at radius 3 is 2.61 bits per heavy atom. The van der Waals surface area contributed by atoms with Crippen LogP contribution in [0.1, 0.15) is 59.2 Å². The van der Waals surface area contributed by atoms with Crippen LogP contribution >= 0.6 is 0 Å². The number of halogens is 1. The van der Waals surface area contributed by atoms with Crippen molar-refractivity contribution in [2.45, 2.75) is 38.6 Å². The third kappa shape index (κ3) is 3.79. The van der Waals surface area contributed by atoms with Gasteiger partial charge in [0.15, 0.2) is 5.65 Å². The van der Waals surface area contributed by atoms with Crippen molar-refractivity contribution in [1.82, 2.24) is 24.9 Å². The molecule has 1 amide bonds. The van der Waals surface area contributed by atoms with Gasteiger partial charge in [0.05, 0.1) is 23.5 Å². The van der Waals surface area contributed by atoms with Crippen LogP contribution in [-0.4, -0.2) is 25.5 Å². The number of aryl methyl sites for hydroxylation is 1. The number of fused-ring (bicyclic) bond motifs is 1. The molecule has 1 aliphatic carbocycles. The summed E-state index contributed by atoms with van der Waals surface area (Å²) in [5.74, 6) is 0.646. The average Bonchev–Trinajstić information content (AvgIpc) is 3.52. The van der Waals surface area contributed by atoms with E-state index >= 15 is 0 Å². The zero-order chi connectivity index (χ0) is 21.5. The normalized spacial score (nSPS) is 14.5. The fourth-order valence-electron chi connectivity index (χ4n) is 3.70. The molecule has 7 heteroatoms. The molecule has 1 aromatic carbocycles. The standard InChI is InChI=1S/C24H22FN5O/c1-14-3-5-16(6-4-14)20-11-18(13-30-22(17-7-8-17)28-29-23(20)30)24(31)27-15(2)21-10-9-19(25)12-26-21/h3-6,9-13,15,17H,7-8H2,1-2H3,(H,27,31)/t15-/m1/s1. The van der Waals surface area contributed by atoms with Gasteiger partial charge in [-0.2, -0.15) is 0 Å². The molecule has 31 heavy (non-hydrogen) atoms. The van der Waals surface area contributed by atoms with Crippen molar-refractivity contribution in [2.75, 3.05) is 0 Å². The maximum Gasteiger partial charge on any atom is 0.253 e. The highest BCUT2D eigenvalue weighted by Crippen LogP contribution is 2.40. The summed E-state index contributed by atoms with van der Waals surface area (Å²) in [7, 11) is 0. The smallest absolute Gasteiger partial charge is 0.253 e. The fraction of sp³-hybridized carbons (Fsp3) is 0.250. The Labute approximate surface area is 179 Å². The molecule has 4 aromatic rings. The lowest BCUT2D eigenvalue weighted by Crippen LogP contribution is -2.27. The second-order valence-electron chi connectivity index (χ2n) is 8.13. The van der Waals surface area contributed by atoms with Crippen LogP contribution in [0.4, 0.5) is 4.39 Å². The van der Waals surface area contributed by atoms with Gasteiger partial charge < -0.3 is 5.32 Å². The summed E-state index contributed by atoms with van der Waals surface area (Å²) in [6.07, 6.45) is 5.13. The van der Waals surface area contributed by atoms with Crippen molar-refractivity contribution in [3.8, 4) is 11.1 Å². The Morgan fingerprint density at radius 1 is 1.16 bits per heavy atom. The van der Waals surface area contributed by atoms with Gasteiger partial charge in [-0.3, -0.25) is 14.2 Å². The van der Waals surface area contributed by atoms with Crippen LogP contribution in [0.15, 0.2) is 54.9 Å². The Bertz CT molecular complexity index is 1260. The van der Waals surface area contributed by atoms with E-state index in [2.05, 4.69) is 20.5 Å². The van der Waals surface area contributed by atoms with Crippen molar-refractivity contribution in [3.05, 3.63) is 83.3 Å². The first kappa shape index (κ1) is 19.4. The van der Waals surface area contributed by atoms with Crippen molar-refractivity contribution < 1.29 is 9.18 Å². The van der Waals surface area contributed by atoms with E-state index in [1.165, 1.54) is 6.07 Å². The summed E-state index contributed by atoms with van der Waals surface area (Å²) in [5, 5.41) is 11.8. The molecule has 0 aliphatic heterocycles. The van der Waals surface area contributed by atoms with E-state index in [1.54, 1.807) is 12.3 Å². The van der Waals surface area contributed by atoms with Crippen LogP contribution in [0.5, 0.6) is 0 Å². The lowest BCUT2D eigenvalue weighted by Gasteiger charge is -2.15. The van der Waals surface area contributed by atoms with Crippen molar-refractivity contribution in [3.63, 3.8) is 0 Å². The second-order valence-corrected chi connectivity index (χ2v) is 8.13. The van der Waals surface area contributed by atoms with Gasteiger partial charge in [-0.25, -0.2) is 4.39 Å². The summed E-state index contributed by atoms with van der Waals surface area (Å²) in [6.45, 7) is 3.86. The monoisotopic (exact) mass is 415 g/mol. The number of hydrogen-bond acceptors (Lipinski definition) is 4. The highest BCUT2D eigenvalue weighted by atomic mass is 19.1. The van der Waals surface area contributed by atoms with Crippen LogP contribution in [-0.2, 0) is 0 Å². The van der Waals surface area contributed by atoms with E-state index in [-0.39, 0.29) is 11.9 Å². The van der Waals surface area contributed by atoms with Crippen molar-refractivity contribution >= 4 is 11.6 Å². The Hall–Kier alpha value is -3.61. The van der Waals surface area contributed by atoms with Gasteiger partial charge >= 0.3 is 0 Å². The predicted molar refractivity (Wildman–Crippen MR) is 115 cm³/mol. The lowest BCUT2D eigenvalue weighted by molar-refractivity contribution is 0.0938. The van der Waals surface area contributed by atoms with E-state index in [9.17, 15) is 9.18 Å². The maximum absolute atomic E-state index is 13.2. The molecule has 3 heterocycles. The number of hydrogen-bond donors (Lipinski definition) is 1. The molecular formula is C24H22FN5O. The van der Waals surface area contributed by atoms with Crippen LogP contribution in [0.2, 0.25) is 0 Å². The van der Waals surface area contributed by atoms with Crippen LogP contribution < -0.4 is 5.32 Å². The third-order valence-corrected chi connectivity index (χ3v) is 5.64. The van der Waals surface area contributed by atoms with Gasteiger partial charge in [0.2, 0.25) is 0 Å². The molecule has 1 fully saturated rings. The minimum absolute atomic E-state index is 0.232. The molecule has 0 bridgehead atoms.